The molecule has 0 saturated heterocycles. The molecule has 0 unspecified atom stereocenters. The fraction of sp³-hybridized carbons (Fsp3) is 0.857. The first-order valence-corrected chi connectivity index (χ1v) is 3.46. The molecule has 1 atom stereocenters. The Bertz CT molecular complexity index is 112. The maximum Gasteiger partial charge on any atom is 0.217 e. The first kappa shape index (κ1) is 9.43. The van der Waals surface area contributed by atoms with Crippen LogP contribution in [-0.4, -0.2) is 23.7 Å². The van der Waals surface area contributed by atoms with Crippen LogP contribution >= 0.6 is 0 Å². The number of carbonyl (C=O) groups is 1. The third kappa shape index (κ3) is 3.45. The zero-order chi connectivity index (χ0) is 8.15. The van der Waals surface area contributed by atoms with Gasteiger partial charge in [0.05, 0.1) is 12.6 Å². The molecule has 1 amide bonds. The molecular weight excluding hydrogens is 130 g/mol. The summed E-state index contributed by atoms with van der Waals surface area (Å²) in [4.78, 5) is 10.5. The molecule has 3 nitrogen and oxygen atoms in total. The summed E-state index contributed by atoms with van der Waals surface area (Å²) >= 11 is 0. The minimum atomic E-state index is -0.0995. The highest BCUT2D eigenvalue weighted by Crippen LogP contribution is 1.99. The van der Waals surface area contributed by atoms with Gasteiger partial charge >= 0.3 is 0 Å². The van der Waals surface area contributed by atoms with E-state index in [-0.39, 0.29) is 24.5 Å². The normalized spacial score (nSPS) is 13.3. The van der Waals surface area contributed by atoms with Crippen LogP contribution in [0.25, 0.3) is 0 Å². The van der Waals surface area contributed by atoms with Crippen molar-refractivity contribution in [2.75, 3.05) is 6.61 Å². The van der Waals surface area contributed by atoms with Crippen LogP contribution in [0.3, 0.4) is 0 Å². The van der Waals surface area contributed by atoms with Gasteiger partial charge in [-0.05, 0) is 5.92 Å². The van der Waals surface area contributed by atoms with Gasteiger partial charge in [-0.1, -0.05) is 13.8 Å². The monoisotopic (exact) mass is 145 g/mol. The molecule has 0 aromatic rings. The maximum absolute atomic E-state index is 10.5. The second-order valence-corrected chi connectivity index (χ2v) is 2.73. The summed E-state index contributed by atoms with van der Waals surface area (Å²) in [6, 6.07) is -0.0995. The van der Waals surface area contributed by atoms with Gasteiger partial charge in [0.2, 0.25) is 5.91 Å². The summed E-state index contributed by atoms with van der Waals surface area (Å²) in [6.07, 6.45) is 0. The highest BCUT2D eigenvalue weighted by atomic mass is 16.3. The predicted octanol–water partition coefficient (Wildman–Crippen LogP) is 0.139. The van der Waals surface area contributed by atoms with E-state index in [1.807, 2.05) is 13.8 Å². The lowest BCUT2D eigenvalue weighted by Gasteiger charge is -2.18. The second-order valence-electron chi connectivity index (χ2n) is 2.73. The number of aliphatic hydroxyl groups excluding tert-OH is 1. The van der Waals surface area contributed by atoms with E-state index in [9.17, 15) is 4.79 Å². The van der Waals surface area contributed by atoms with Gasteiger partial charge in [-0.25, -0.2) is 0 Å². The van der Waals surface area contributed by atoms with Crippen LogP contribution < -0.4 is 5.32 Å². The van der Waals surface area contributed by atoms with Gasteiger partial charge < -0.3 is 10.4 Å². The van der Waals surface area contributed by atoms with Gasteiger partial charge in [-0.3, -0.25) is 4.79 Å². The van der Waals surface area contributed by atoms with E-state index < -0.39 is 0 Å². The van der Waals surface area contributed by atoms with E-state index in [2.05, 4.69) is 5.32 Å². The van der Waals surface area contributed by atoms with Crippen molar-refractivity contribution in [1.29, 1.82) is 0 Å². The van der Waals surface area contributed by atoms with Gasteiger partial charge in [0.15, 0.2) is 0 Å². The lowest BCUT2D eigenvalue weighted by Crippen LogP contribution is -2.39. The Kier molecular flexibility index (Phi) is 4.03. The van der Waals surface area contributed by atoms with Crippen LogP contribution in [0.4, 0.5) is 0 Å². The SMILES string of the molecule is CC(=O)N[C@@H](CO)C(C)C. The van der Waals surface area contributed by atoms with Crippen molar-refractivity contribution in [3.05, 3.63) is 0 Å². The summed E-state index contributed by atoms with van der Waals surface area (Å²) in [6.45, 7) is 5.37. The average molecular weight is 145 g/mol. The number of nitrogens with one attached hydrogen (secondary N) is 1. The molecular formula is C7H15NO2. The Morgan fingerprint density at radius 1 is 1.60 bits per heavy atom. The molecule has 0 bridgehead atoms. The van der Waals surface area contributed by atoms with E-state index in [0.717, 1.165) is 0 Å². The molecule has 60 valence electrons. The Hall–Kier alpha value is -0.570. The maximum atomic E-state index is 10.5. The van der Waals surface area contributed by atoms with Gasteiger partial charge in [0.25, 0.3) is 0 Å². The number of carbonyl (C=O) groups excluding carboxylic acids is 1. The first-order valence-electron chi connectivity index (χ1n) is 3.46. The number of aliphatic hydroxyl groups is 1. The summed E-state index contributed by atoms with van der Waals surface area (Å²) in [5.74, 6) is 0.196. The molecule has 0 aliphatic rings. The Morgan fingerprint density at radius 3 is 2.20 bits per heavy atom. The molecule has 3 heteroatoms. The predicted molar refractivity (Wildman–Crippen MR) is 39.5 cm³/mol. The van der Waals surface area contributed by atoms with Crippen molar-refractivity contribution in [1.82, 2.24) is 5.32 Å². The van der Waals surface area contributed by atoms with E-state index >= 15 is 0 Å². The molecule has 0 saturated carbocycles. The van der Waals surface area contributed by atoms with Crippen LogP contribution in [0.15, 0.2) is 0 Å². The van der Waals surface area contributed by atoms with Crippen LogP contribution in [0.2, 0.25) is 0 Å². The molecule has 10 heavy (non-hydrogen) atoms. The van der Waals surface area contributed by atoms with Crippen molar-refractivity contribution in [3.8, 4) is 0 Å². The third-order valence-corrected chi connectivity index (χ3v) is 1.39. The van der Waals surface area contributed by atoms with E-state index in [1.54, 1.807) is 0 Å². The number of hydrogen-bond acceptors (Lipinski definition) is 2. The lowest BCUT2D eigenvalue weighted by atomic mass is 10.1. The molecule has 0 rings (SSSR count). The molecule has 0 aliphatic heterocycles. The van der Waals surface area contributed by atoms with Gasteiger partial charge in [0, 0.05) is 6.92 Å². The molecule has 2 N–H and O–H groups in total. The van der Waals surface area contributed by atoms with Gasteiger partial charge in [0.1, 0.15) is 0 Å². The lowest BCUT2D eigenvalue weighted by molar-refractivity contribution is -0.120. The molecule has 0 aromatic carbocycles. The third-order valence-electron chi connectivity index (χ3n) is 1.39. The Morgan fingerprint density at radius 2 is 2.10 bits per heavy atom. The summed E-state index contributed by atoms with van der Waals surface area (Å²) in [5, 5.41) is 11.4. The minimum absolute atomic E-state index is 0.0112. The highest BCUT2D eigenvalue weighted by Gasteiger charge is 2.11. The zero-order valence-corrected chi connectivity index (χ0v) is 6.72. The average Bonchev–Trinajstić information content (AvgIpc) is 1.81. The van der Waals surface area contributed by atoms with Crippen molar-refractivity contribution in [3.63, 3.8) is 0 Å². The zero-order valence-electron chi connectivity index (χ0n) is 6.72. The Labute approximate surface area is 61.4 Å². The van der Waals surface area contributed by atoms with Crippen LogP contribution in [0.1, 0.15) is 20.8 Å². The number of amides is 1. The van der Waals surface area contributed by atoms with Crippen LogP contribution in [0, 0.1) is 5.92 Å². The standard InChI is InChI=1S/C7H15NO2/c1-5(2)7(4-9)8-6(3)10/h5,7,9H,4H2,1-3H3,(H,8,10)/t7-/m0/s1. The molecule has 0 aromatic heterocycles. The smallest absolute Gasteiger partial charge is 0.217 e. The molecule has 0 aliphatic carbocycles. The quantitative estimate of drug-likeness (QED) is 0.593. The van der Waals surface area contributed by atoms with Crippen LogP contribution in [-0.2, 0) is 4.79 Å². The van der Waals surface area contributed by atoms with Crippen molar-refractivity contribution >= 4 is 5.91 Å². The summed E-state index contributed by atoms with van der Waals surface area (Å²) in [7, 11) is 0. The van der Waals surface area contributed by atoms with E-state index in [4.69, 9.17) is 5.11 Å². The van der Waals surface area contributed by atoms with Crippen molar-refractivity contribution in [2.24, 2.45) is 5.92 Å². The highest BCUT2D eigenvalue weighted by molar-refractivity contribution is 5.73. The topological polar surface area (TPSA) is 49.3 Å². The molecule has 0 fully saturated rings. The number of rotatable bonds is 3. The van der Waals surface area contributed by atoms with Crippen LogP contribution in [0.5, 0.6) is 0 Å². The van der Waals surface area contributed by atoms with Gasteiger partial charge in [-0.2, -0.15) is 0 Å². The molecule has 0 radical (unpaired) electrons. The fourth-order valence-corrected chi connectivity index (χ4v) is 0.684. The summed E-state index contributed by atoms with van der Waals surface area (Å²) in [5.41, 5.74) is 0. The Balaban J connectivity index is 3.71. The fourth-order valence-electron chi connectivity index (χ4n) is 0.684. The van der Waals surface area contributed by atoms with E-state index in [1.165, 1.54) is 6.92 Å². The molecule has 0 heterocycles. The van der Waals surface area contributed by atoms with Crippen molar-refractivity contribution in [2.45, 2.75) is 26.8 Å². The molecule has 0 spiro atoms. The van der Waals surface area contributed by atoms with Crippen molar-refractivity contribution < 1.29 is 9.90 Å². The largest absolute Gasteiger partial charge is 0.394 e. The second kappa shape index (κ2) is 4.28. The number of hydrogen-bond donors (Lipinski definition) is 2. The van der Waals surface area contributed by atoms with Gasteiger partial charge in [-0.15, -0.1) is 0 Å². The minimum Gasteiger partial charge on any atom is -0.394 e. The van der Waals surface area contributed by atoms with E-state index in [0.29, 0.717) is 0 Å². The first-order chi connectivity index (χ1) is 4.57. The summed E-state index contributed by atoms with van der Waals surface area (Å²) < 4.78 is 0.